The summed E-state index contributed by atoms with van der Waals surface area (Å²) in [6.45, 7) is 2.25. The summed E-state index contributed by atoms with van der Waals surface area (Å²) in [7, 11) is 1.38. The van der Waals surface area contributed by atoms with Gasteiger partial charge >= 0.3 is 5.97 Å². The Morgan fingerprint density at radius 1 is 1.30 bits per heavy atom. The molecule has 0 N–H and O–H groups in total. The Labute approximate surface area is 135 Å². The number of ether oxygens (including phenoxy) is 2. The van der Waals surface area contributed by atoms with Crippen LogP contribution in [0.4, 0.5) is 0 Å². The van der Waals surface area contributed by atoms with Gasteiger partial charge in [0.05, 0.1) is 13.7 Å². The first-order valence-electron chi connectivity index (χ1n) is 7.83. The Morgan fingerprint density at radius 2 is 2.04 bits per heavy atom. The molecular weight excluding hydrogens is 292 g/mol. The minimum atomic E-state index is -1.06. The van der Waals surface area contributed by atoms with Crippen LogP contribution in [0.15, 0.2) is 54.1 Å². The summed E-state index contributed by atoms with van der Waals surface area (Å²) in [5.41, 5.74) is 0.484. The molecule has 4 rings (SSSR count). The molecule has 23 heavy (non-hydrogen) atoms. The summed E-state index contributed by atoms with van der Waals surface area (Å²) >= 11 is 0. The molecule has 0 spiro atoms. The van der Waals surface area contributed by atoms with Gasteiger partial charge in [-0.05, 0) is 11.6 Å². The van der Waals surface area contributed by atoms with E-state index in [0.717, 1.165) is 11.1 Å². The van der Waals surface area contributed by atoms with Crippen LogP contribution in [-0.2, 0) is 24.5 Å². The van der Waals surface area contributed by atoms with Crippen LogP contribution in [0, 0.1) is 5.92 Å². The van der Waals surface area contributed by atoms with Gasteiger partial charge < -0.3 is 9.47 Å². The van der Waals surface area contributed by atoms with Crippen LogP contribution in [-0.4, -0.2) is 31.6 Å². The molecular formula is C19H20O4. The molecule has 1 aromatic carbocycles. The number of rotatable bonds is 4. The van der Waals surface area contributed by atoms with Gasteiger partial charge in [-0.2, -0.15) is 0 Å². The molecule has 0 fully saturated rings. The summed E-state index contributed by atoms with van der Waals surface area (Å²) in [5.74, 6) is -0.386. The van der Waals surface area contributed by atoms with E-state index in [4.69, 9.17) is 9.47 Å². The lowest BCUT2D eigenvalue weighted by atomic mass is 9.75. The van der Waals surface area contributed by atoms with Crippen LogP contribution in [0.25, 0.3) is 0 Å². The van der Waals surface area contributed by atoms with Crippen molar-refractivity contribution in [3.05, 3.63) is 59.7 Å². The highest BCUT2D eigenvalue weighted by atomic mass is 16.5. The fraction of sp³-hybridized carbons (Fsp3) is 0.368. The number of ketones is 1. The summed E-state index contributed by atoms with van der Waals surface area (Å²) in [6, 6.07) is 9.44. The molecule has 120 valence electrons. The predicted octanol–water partition coefficient (Wildman–Crippen LogP) is 2.59. The minimum absolute atomic E-state index is 0.0988. The molecule has 4 nitrogen and oxygen atoms in total. The van der Waals surface area contributed by atoms with Gasteiger partial charge in [0.25, 0.3) is 0 Å². The van der Waals surface area contributed by atoms with Crippen molar-refractivity contribution in [3.63, 3.8) is 0 Å². The smallest absolute Gasteiger partial charge is 0.323 e. The highest BCUT2D eigenvalue weighted by Crippen LogP contribution is 2.41. The summed E-state index contributed by atoms with van der Waals surface area (Å²) in [6.07, 6.45) is 5.47. The highest BCUT2D eigenvalue weighted by molar-refractivity contribution is 5.97. The van der Waals surface area contributed by atoms with Gasteiger partial charge in [0.2, 0.25) is 0 Å². The van der Waals surface area contributed by atoms with E-state index >= 15 is 0 Å². The molecule has 3 aliphatic rings. The molecule has 0 aromatic heterocycles. The Morgan fingerprint density at radius 3 is 2.70 bits per heavy atom. The van der Waals surface area contributed by atoms with Gasteiger partial charge in [-0.3, -0.25) is 9.59 Å². The lowest BCUT2D eigenvalue weighted by molar-refractivity contribution is -0.150. The van der Waals surface area contributed by atoms with Gasteiger partial charge in [-0.1, -0.05) is 49.4 Å². The molecule has 3 atom stereocenters. The van der Waals surface area contributed by atoms with E-state index < -0.39 is 11.5 Å². The molecule has 0 saturated carbocycles. The Kier molecular flexibility index (Phi) is 4.18. The lowest BCUT2D eigenvalue weighted by Crippen LogP contribution is -2.47. The summed E-state index contributed by atoms with van der Waals surface area (Å²) < 4.78 is 11.0. The standard InChI is InChI=1S/C19H20O4/c1-3-16(20)15-11-17-19(18(21)22-2,10-9-13(15)12-23-17)14-7-5-4-6-8-14/h4-11,13,17H,3,12H2,1-2H3/t13?,17?,19-/m0/s1. The number of methoxy groups -OCH3 is 1. The van der Waals surface area contributed by atoms with Gasteiger partial charge in [-0.25, -0.2) is 0 Å². The van der Waals surface area contributed by atoms with Gasteiger partial charge in [0, 0.05) is 17.9 Å². The molecule has 2 aliphatic heterocycles. The molecule has 2 bridgehead atoms. The molecule has 0 saturated heterocycles. The van der Waals surface area contributed by atoms with E-state index in [1.165, 1.54) is 7.11 Å². The van der Waals surface area contributed by atoms with Gasteiger partial charge in [-0.15, -0.1) is 0 Å². The normalized spacial score (nSPS) is 28.9. The first kappa shape index (κ1) is 15.7. The van der Waals surface area contributed by atoms with Crippen molar-refractivity contribution >= 4 is 11.8 Å². The third kappa shape index (κ3) is 2.43. The average molecular weight is 312 g/mol. The molecule has 4 heteroatoms. The monoisotopic (exact) mass is 312 g/mol. The lowest BCUT2D eigenvalue weighted by Gasteiger charge is -2.35. The third-order valence-electron chi connectivity index (χ3n) is 4.64. The summed E-state index contributed by atoms with van der Waals surface area (Å²) in [5, 5.41) is 0. The Bertz CT molecular complexity index is 674. The van der Waals surface area contributed by atoms with Gasteiger partial charge in [0.1, 0.15) is 11.5 Å². The fourth-order valence-corrected chi connectivity index (χ4v) is 3.37. The quantitative estimate of drug-likeness (QED) is 0.633. The Hall–Kier alpha value is -2.20. The van der Waals surface area contributed by atoms with Crippen molar-refractivity contribution in [1.82, 2.24) is 0 Å². The zero-order valence-electron chi connectivity index (χ0n) is 13.3. The largest absolute Gasteiger partial charge is 0.468 e. The molecule has 0 amide bonds. The summed E-state index contributed by atoms with van der Waals surface area (Å²) in [4.78, 5) is 24.9. The molecule has 1 aliphatic carbocycles. The average Bonchev–Trinajstić information content (AvgIpc) is 2.90. The second-order valence-electron chi connectivity index (χ2n) is 5.84. The number of hydrogen-bond acceptors (Lipinski definition) is 4. The van der Waals surface area contributed by atoms with Crippen LogP contribution in [0.5, 0.6) is 0 Å². The number of carbonyl (C=O) groups excluding carboxylic acids is 2. The van der Waals surface area contributed by atoms with Crippen LogP contribution in [0.3, 0.4) is 0 Å². The van der Waals surface area contributed by atoms with E-state index in [-0.39, 0.29) is 17.7 Å². The van der Waals surface area contributed by atoms with E-state index in [1.807, 2.05) is 55.5 Å². The van der Waals surface area contributed by atoms with E-state index in [2.05, 4.69) is 0 Å². The Balaban J connectivity index is 2.17. The molecule has 2 heterocycles. The number of carbonyl (C=O) groups is 2. The maximum Gasteiger partial charge on any atom is 0.323 e. The zero-order valence-corrected chi connectivity index (χ0v) is 13.3. The highest BCUT2D eigenvalue weighted by Gasteiger charge is 2.50. The molecule has 0 radical (unpaired) electrons. The number of benzene rings is 1. The van der Waals surface area contributed by atoms with Crippen LogP contribution in [0.2, 0.25) is 0 Å². The second-order valence-corrected chi connectivity index (χ2v) is 5.84. The van der Waals surface area contributed by atoms with Crippen molar-refractivity contribution in [3.8, 4) is 0 Å². The fourth-order valence-electron chi connectivity index (χ4n) is 3.37. The maximum atomic E-state index is 12.7. The van der Waals surface area contributed by atoms with Crippen LogP contribution < -0.4 is 0 Å². The third-order valence-corrected chi connectivity index (χ3v) is 4.64. The number of fused-ring (bicyclic) bond motifs is 2. The molecule has 2 unspecified atom stereocenters. The zero-order chi connectivity index (χ0) is 16.4. The number of hydrogen-bond donors (Lipinski definition) is 0. The van der Waals surface area contributed by atoms with Crippen molar-refractivity contribution in [2.75, 3.05) is 13.7 Å². The van der Waals surface area contributed by atoms with Crippen molar-refractivity contribution < 1.29 is 19.1 Å². The second kappa shape index (κ2) is 6.13. The van der Waals surface area contributed by atoms with Gasteiger partial charge in [0.15, 0.2) is 5.78 Å². The van der Waals surface area contributed by atoms with Crippen molar-refractivity contribution in [2.24, 2.45) is 5.92 Å². The van der Waals surface area contributed by atoms with E-state index in [0.29, 0.717) is 13.0 Å². The van der Waals surface area contributed by atoms with Crippen LogP contribution >= 0.6 is 0 Å². The maximum absolute atomic E-state index is 12.7. The van der Waals surface area contributed by atoms with E-state index in [1.54, 1.807) is 0 Å². The SMILES string of the molecule is CCC(=O)C1=CC2OCC1C=C[C@]2(C(=O)OC)c1ccccc1. The first-order valence-corrected chi connectivity index (χ1v) is 7.83. The molecule has 1 aromatic rings. The van der Waals surface area contributed by atoms with E-state index in [9.17, 15) is 9.59 Å². The van der Waals surface area contributed by atoms with Crippen molar-refractivity contribution in [2.45, 2.75) is 24.9 Å². The minimum Gasteiger partial charge on any atom is -0.468 e. The van der Waals surface area contributed by atoms with Crippen LogP contribution in [0.1, 0.15) is 18.9 Å². The number of esters is 1. The topological polar surface area (TPSA) is 52.6 Å². The predicted molar refractivity (Wildman–Crippen MR) is 85.9 cm³/mol. The van der Waals surface area contributed by atoms with Crippen molar-refractivity contribution in [1.29, 1.82) is 0 Å². The number of Topliss-reactive ketones (excluding diaryl/α,β-unsaturated/α-hetero) is 1. The first-order chi connectivity index (χ1) is 11.1.